The fraction of sp³-hybridized carbons (Fsp3) is 0.700. The summed E-state index contributed by atoms with van der Waals surface area (Å²) in [5.41, 5.74) is 2.07. The van der Waals surface area contributed by atoms with E-state index in [4.69, 9.17) is 4.74 Å². The lowest BCUT2D eigenvalue weighted by molar-refractivity contribution is -0.717. The molecule has 120 valence electrons. The molecule has 4 saturated carbocycles. The van der Waals surface area contributed by atoms with E-state index in [1.54, 1.807) is 26.4 Å². The Labute approximate surface area is 134 Å². The quantitative estimate of drug-likeness (QED) is 0.886. The zero-order valence-electron chi connectivity index (χ0n) is 14.1. The topological polar surface area (TPSA) is 25.8 Å². The number of rotatable bonds is 5. The summed E-state index contributed by atoms with van der Waals surface area (Å²) in [7, 11) is 1.73. The van der Waals surface area contributed by atoms with Crippen LogP contribution in [0.2, 0.25) is 0 Å². The maximum absolute atomic E-state index is 5.25. The van der Waals surface area contributed by atoms with Crippen molar-refractivity contribution in [1.82, 2.24) is 0 Å². The summed E-state index contributed by atoms with van der Waals surface area (Å²) >= 11 is 0. The van der Waals surface area contributed by atoms with Crippen LogP contribution in [-0.4, -0.2) is 13.2 Å². The molecule has 1 aromatic rings. The van der Waals surface area contributed by atoms with Gasteiger partial charge in [-0.05, 0) is 87.5 Å². The summed E-state index contributed by atoms with van der Waals surface area (Å²) in [4.78, 5) is 0. The van der Waals surface area contributed by atoms with Crippen molar-refractivity contribution in [1.29, 1.82) is 0 Å². The van der Waals surface area contributed by atoms with E-state index in [-0.39, 0.29) is 0 Å². The molecule has 4 bridgehead atoms. The highest BCUT2D eigenvalue weighted by atomic mass is 16.5. The number of ether oxygens (including phenoxy) is 1. The van der Waals surface area contributed by atoms with E-state index in [1.807, 2.05) is 0 Å². The van der Waals surface area contributed by atoms with Crippen molar-refractivity contribution in [3.05, 3.63) is 29.8 Å². The third-order valence-electron chi connectivity index (χ3n) is 6.92. The average molecular weight is 300 g/mol. The number of hydrogen-bond donors (Lipinski definition) is 1. The molecule has 0 aromatic heterocycles. The molecular weight excluding hydrogens is 270 g/mol. The molecule has 1 aromatic carbocycles. The minimum absolute atomic E-state index is 0.654. The van der Waals surface area contributed by atoms with Crippen molar-refractivity contribution in [3.63, 3.8) is 0 Å². The average Bonchev–Trinajstić information content (AvgIpc) is 2.51. The van der Waals surface area contributed by atoms with Crippen molar-refractivity contribution in [2.24, 2.45) is 23.2 Å². The van der Waals surface area contributed by atoms with E-state index in [0.29, 0.717) is 5.41 Å². The lowest BCUT2D eigenvalue weighted by Gasteiger charge is -2.57. The maximum Gasteiger partial charge on any atom is 0.118 e. The molecule has 22 heavy (non-hydrogen) atoms. The van der Waals surface area contributed by atoms with Crippen LogP contribution in [0.15, 0.2) is 24.3 Å². The van der Waals surface area contributed by atoms with Crippen molar-refractivity contribution in [2.45, 2.75) is 58.0 Å². The first-order chi connectivity index (χ1) is 10.7. The smallest absolute Gasteiger partial charge is 0.118 e. The second kappa shape index (κ2) is 5.56. The van der Waals surface area contributed by atoms with Gasteiger partial charge >= 0.3 is 0 Å². The molecule has 0 amide bonds. The van der Waals surface area contributed by atoms with E-state index < -0.39 is 0 Å². The number of nitrogens with two attached hydrogens (primary N) is 1. The highest BCUT2D eigenvalue weighted by molar-refractivity contribution is 5.26. The number of quaternary nitrogens is 1. The van der Waals surface area contributed by atoms with Gasteiger partial charge in [-0.2, -0.15) is 0 Å². The zero-order valence-corrected chi connectivity index (χ0v) is 14.1. The van der Waals surface area contributed by atoms with Gasteiger partial charge in [-0.15, -0.1) is 0 Å². The molecule has 5 rings (SSSR count). The molecular formula is C20H30NO+. The summed E-state index contributed by atoms with van der Waals surface area (Å²) in [6.45, 7) is 3.60. The van der Waals surface area contributed by atoms with Crippen molar-refractivity contribution in [3.8, 4) is 5.75 Å². The minimum Gasteiger partial charge on any atom is -0.497 e. The Bertz CT molecular complexity index is 486. The molecule has 0 aliphatic heterocycles. The second-order valence-electron chi connectivity index (χ2n) is 8.36. The largest absolute Gasteiger partial charge is 0.497 e. The molecule has 4 fully saturated rings. The van der Waals surface area contributed by atoms with Gasteiger partial charge in [0, 0.05) is 11.0 Å². The molecule has 1 atom stereocenters. The summed E-state index contributed by atoms with van der Waals surface area (Å²) in [5.74, 6) is 4.13. The van der Waals surface area contributed by atoms with Crippen LogP contribution in [0.3, 0.4) is 0 Å². The predicted molar refractivity (Wildman–Crippen MR) is 88.7 cm³/mol. The van der Waals surface area contributed by atoms with E-state index in [0.717, 1.165) is 36.1 Å². The second-order valence-corrected chi connectivity index (χ2v) is 8.36. The normalized spacial score (nSPS) is 37.3. The van der Waals surface area contributed by atoms with Crippen LogP contribution in [0, 0.1) is 23.2 Å². The van der Waals surface area contributed by atoms with E-state index >= 15 is 0 Å². The highest BCUT2D eigenvalue weighted by Crippen LogP contribution is 2.60. The van der Waals surface area contributed by atoms with E-state index in [1.165, 1.54) is 24.8 Å². The molecule has 0 unspecified atom stereocenters. The third kappa shape index (κ3) is 2.56. The lowest BCUT2D eigenvalue weighted by atomic mass is 9.48. The maximum atomic E-state index is 5.25. The molecule has 0 radical (unpaired) electrons. The zero-order chi connectivity index (χ0) is 15.2. The van der Waals surface area contributed by atoms with Crippen LogP contribution in [0.4, 0.5) is 0 Å². The SMILES string of the molecule is COc1ccc(C[NH2+][C@@H](C)C23CC4CC(CC(C4)C2)C3)cc1. The van der Waals surface area contributed by atoms with Crippen LogP contribution >= 0.6 is 0 Å². The molecule has 0 saturated heterocycles. The van der Waals surface area contributed by atoms with Gasteiger partial charge in [0.1, 0.15) is 12.3 Å². The van der Waals surface area contributed by atoms with Crippen LogP contribution in [0.5, 0.6) is 5.75 Å². The monoisotopic (exact) mass is 300 g/mol. The highest BCUT2D eigenvalue weighted by Gasteiger charge is 2.54. The van der Waals surface area contributed by atoms with Gasteiger partial charge in [-0.25, -0.2) is 0 Å². The Hall–Kier alpha value is -1.02. The first-order valence-electron chi connectivity index (χ1n) is 9.13. The molecule has 0 spiro atoms. The fourth-order valence-corrected chi connectivity index (χ4v) is 6.06. The van der Waals surface area contributed by atoms with E-state index in [9.17, 15) is 0 Å². The standard InChI is InChI=1S/C20H29NO/c1-14(21-13-15-3-5-19(22-2)6-4-15)20-10-16-7-17(11-20)9-18(8-16)12-20/h3-6,14,16-18,21H,7-13H2,1-2H3/p+1/t14-,16?,17?,18?,20?/m0/s1. The Balaban J connectivity index is 1.40. The van der Waals surface area contributed by atoms with Gasteiger partial charge in [-0.3, -0.25) is 0 Å². The Morgan fingerprint density at radius 1 is 1.05 bits per heavy atom. The van der Waals surface area contributed by atoms with Gasteiger partial charge in [0.05, 0.1) is 13.2 Å². The number of hydrogen-bond acceptors (Lipinski definition) is 1. The van der Waals surface area contributed by atoms with Gasteiger partial charge < -0.3 is 10.1 Å². The predicted octanol–water partition coefficient (Wildman–Crippen LogP) is 3.36. The minimum atomic E-state index is 0.654. The molecule has 2 heteroatoms. The lowest BCUT2D eigenvalue weighted by Crippen LogP contribution is -2.91. The molecule has 2 N–H and O–H groups in total. The van der Waals surface area contributed by atoms with Crippen molar-refractivity contribution in [2.75, 3.05) is 7.11 Å². The Kier molecular flexibility index (Phi) is 3.68. The Morgan fingerprint density at radius 3 is 2.09 bits per heavy atom. The van der Waals surface area contributed by atoms with Crippen molar-refractivity contribution < 1.29 is 10.1 Å². The Morgan fingerprint density at radius 2 is 1.59 bits per heavy atom. The van der Waals surface area contributed by atoms with E-state index in [2.05, 4.69) is 36.5 Å². The summed E-state index contributed by atoms with van der Waals surface area (Å²) in [5, 5.41) is 2.61. The van der Waals surface area contributed by atoms with Crippen LogP contribution in [0.25, 0.3) is 0 Å². The first-order valence-corrected chi connectivity index (χ1v) is 9.13. The first kappa shape index (κ1) is 14.6. The van der Waals surface area contributed by atoms with Gasteiger partial charge in [0.2, 0.25) is 0 Å². The van der Waals surface area contributed by atoms with Crippen LogP contribution in [0.1, 0.15) is 51.0 Å². The summed E-state index contributed by atoms with van der Waals surface area (Å²) in [6, 6.07) is 9.35. The molecule has 4 aliphatic rings. The number of benzene rings is 1. The van der Waals surface area contributed by atoms with Crippen LogP contribution in [-0.2, 0) is 6.54 Å². The van der Waals surface area contributed by atoms with Crippen molar-refractivity contribution >= 4 is 0 Å². The number of methoxy groups -OCH3 is 1. The third-order valence-corrected chi connectivity index (χ3v) is 6.92. The summed E-state index contributed by atoms with van der Waals surface area (Å²) < 4.78 is 5.25. The van der Waals surface area contributed by atoms with Gasteiger partial charge in [0.15, 0.2) is 0 Å². The fourth-order valence-electron chi connectivity index (χ4n) is 6.06. The van der Waals surface area contributed by atoms with Gasteiger partial charge in [0.25, 0.3) is 0 Å². The molecule has 4 aliphatic carbocycles. The molecule has 0 heterocycles. The van der Waals surface area contributed by atoms with Gasteiger partial charge in [-0.1, -0.05) is 0 Å². The summed E-state index contributed by atoms with van der Waals surface area (Å²) in [6.07, 6.45) is 9.18. The van der Waals surface area contributed by atoms with Crippen LogP contribution < -0.4 is 10.1 Å². The molecule has 2 nitrogen and oxygen atoms in total.